The van der Waals surface area contributed by atoms with Crippen molar-refractivity contribution in [3.8, 4) is 22.3 Å². The van der Waals surface area contributed by atoms with E-state index in [1.165, 1.54) is 77.1 Å². The Labute approximate surface area is 340 Å². The number of aryl methyl sites for hydroxylation is 2. The van der Waals surface area contributed by atoms with Crippen LogP contribution in [0.5, 0.6) is 0 Å². The van der Waals surface area contributed by atoms with E-state index in [0.717, 1.165) is 22.7 Å². The van der Waals surface area contributed by atoms with Crippen molar-refractivity contribution in [1.29, 1.82) is 0 Å². The van der Waals surface area contributed by atoms with Crippen LogP contribution >= 0.6 is 0 Å². The molecule has 0 heterocycles. The third kappa shape index (κ3) is 6.26. The van der Waals surface area contributed by atoms with Gasteiger partial charge >= 0.3 is 0 Å². The van der Waals surface area contributed by atoms with Crippen molar-refractivity contribution in [2.24, 2.45) is 0 Å². The molecule has 0 aliphatic rings. The summed E-state index contributed by atoms with van der Waals surface area (Å²) in [6.07, 6.45) is 0. The molecule has 2 heteroatoms. The van der Waals surface area contributed by atoms with Gasteiger partial charge in [-0.05, 0) is 152 Å². The Kier molecular flexibility index (Phi) is 9.01. The van der Waals surface area contributed by atoms with E-state index in [1.54, 1.807) is 0 Å². The quantitative estimate of drug-likeness (QED) is 0.143. The van der Waals surface area contributed by atoms with Crippen molar-refractivity contribution in [1.82, 2.24) is 0 Å². The standard InChI is InChI=1S/C56H42N2/c1-39-17-9-15-27-55(39)57(43-19-5-3-6-20-43)45-33-29-41(30-34-45)51-37-53-50-26-14-12-24-48(50)52(38-54(53)49-25-13-11-23-47(49)51)42-31-35-46(36-32-42)58(44-21-7-4-8-22-44)56-28-16-10-18-40(56)2/h3-38H,1-2H3. The van der Waals surface area contributed by atoms with Crippen molar-refractivity contribution in [3.05, 3.63) is 230 Å². The van der Waals surface area contributed by atoms with Gasteiger partial charge in [0.1, 0.15) is 0 Å². The number of rotatable bonds is 8. The summed E-state index contributed by atoms with van der Waals surface area (Å²) in [6, 6.07) is 79.2. The van der Waals surface area contributed by atoms with Gasteiger partial charge in [0.15, 0.2) is 0 Å². The van der Waals surface area contributed by atoms with Crippen LogP contribution in [-0.2, 0) is 0 Å². The van der Waals surface area contributed by atoms with E-state index in [0.29, 0.717) is 0 Å². The van der Waals surface area contributed by atoms with E-state index >= 15 is 0 Å². The normalized spacial score (nSPS) is 11.3. The van der Waals surface area contributed by atoms with Crippen LogP contribution < -0.4 is 9.80 Å². The third-order valence-electron chi connectivity index (χ3n) is 11.5. The lowest BCUT2D eigenvalue weighted by Gasteiger charge is -2.27. The summed E-state index contributed by atoms with van der Waals surface area (Å²) in [7, 11) is 0. The summed E-state index contributed by atoms with van der Waals surface area (Å²) in [5.41, 5.74) is 14.2. The van der Waals surface area contributed by atoms with E-state index in [-0.39, 0.29) is 0 Å². The van der Waals surface area contributed by atoms with Crippen molar-refractivity contribution >= 4 is 66.4 Å². The molecule has 0 saturated heterocycles. The second-order valence-electron chi connectivity index (χ2n) is 15.0. The zero-order chi connectivity index (χ0) is 39.0. The molecule has 0 fully saturated rings. The van der Waals surface area contributed by atoms with E-state index < -0.39 is 0 Å². The number of hydrogen-bond donors (Lipinski definition) is 0. The molecule has 0 atom stereocenters. The maximum atomic E-state index is 2.41. The van der Waals surface area contributed by atoms with Crippen molar-refractivity contribution < 1.29 is 0 Å². The molecular formula is C56H42N2. The number of anilines is 6. The Balaban J connectivity index is 1.09. The minimum absolute atomic E-state index is 1.13. The summed E-state index contributed by atoms with van der Waals surface area (Å²) in [5.74, 6) is 0. The SMILES string of the molecule is Cc1ccccc1N(c1ccccc1)c1ccc(-c2cc3c4ccccc4c(-c4ccc(N(c5ccccc5)c5ccccc5C)cc4)cc3c3ccccc23)cc1. The Hall–Kier alpha value is -7.42. The summed E-state index contributed by atoms with van der Waals surface area (Å²) in [4.78, 5) is 4.70. The Morgan fingerprint density at radius 1 is 0.259 bits per heavy atom. The van der Waals surface area contributed by atoms with Crippen molar-refractivity contribution in [2.75, 3.05) is 9.80 Å². The van der Waals surface area contributed by atoms with Crippen molar-refractivity contribution in [3.63, 3.8) is 0 Å². The Bertz CT molecular complexity index is 2850. The van der Waals surface area contributed by atoms with Gasteiger partial charge in [0, 0.05) is 34.1 Å². The highest BCUT2D eigenvalue weighted by molar-refractivity contribution is 6.23. The van der Waals surface area contributed by atoms with E-state index in [9.17, 15) is 0 Å². The fourth-order valence-corrected chi connectivity index (χ4v) is 8.65. The maximum absolute atomic E-state index is 2.41. The molecule has 0 aliphatic carbocycles. The first-order valence-electron chi connectivity index (χ1n) is 20.0. The van der Waals surface area contributed by atoms with Gasteiger partial charge in [-0.25, -0.2) is 0 Å². The molecule has 276 valence electrons. The summed E-state index contributed by atoms with van der Waals surface area (Å²) in [6.45, 7) is 4.36. The molecule has 10 aromatic carbocycles. The highest BCUT2D eigenvalue weighted by Gasteiger charge is 2.18. The zero-order valence-electron chi connectivity index (χ0n) is 32.7. The molecule has 0 saturated carbocycles. The number of para-hydroxylation sites is 4. The van der Waals surface area contributed by atoms with Crippen molar-refractivity contribution in [2.45, 2.75) is 13.8 Å². The van der Waals surface area contributed by atoms with Gasteiger partial charge in [0.05, 0.1) is 0 Å². The molecule has 0 N–H and O–H groups in total. The van der Waals surface area contributed by atoms with Crippen LogP contribution in [0.1, 0.15) is 11.1 Å². The van der Waals surface area contributed by atoms with Gasteiger partial charge in [0.25, 0.3) is 0 Å². The molecule has 0 aromatic heterocycles. The van der Waals surface area contributed by atoms with Crippen LogP contribution in [0.4, 0.5) is 34.1 Å². The zero-order valence-corrected chi connectivity index (χ0v) is 32.7. The largest absolute Gasteiger partial charge is 0.310 e. The number of nitrogens with zero attached hydrogens (tertiary/aromatic N) is 2. The van der Waals surface area contributed by atoms with Gasteiger partial charge in [-0.1, -0.05) is 146 Å². The summed E-state index contributed by atoms with van der Waals surface area (Å²) < 4.78 is 0. The lowest BCUT2D eigenvalue weighted by atomic mass is 9.87. The van der Waals surface area contributed by atoms with Crippen LogP contribution in [0.25, 0.3) is 54.6 Å². The maximum Gasteiger partial charge on any atom is 0.0490 e. The first kappa shape index (κ1) is 35.0. The third-order valence-corrected chi connectivity index (χ3v) is 11.5. The molecular weight excluding hydrogens is 701 g/mol. The first-order chi connectivity index (χ1) is 28.6. The van der Waals surface area contributed by atoms with Gasteiger partial charge in [0.2, 0.25) is 0 Å². The number of benzene rings is 10. The number of fused-ring (bicyclic) bond motifs is 5. The van der Waals surface area contributed by atoms with Crippen LogP contribution in [0, 0.1) is 13.8 Å². The fourth-order valence-electron chi connectivity index (χ4n) is 8.65. The Morgan fingerprint density at radius 3 is 0.948 bits per heavy atom. The lowest BCUT2D eigenvalue weighted by Crippen LogP contribution is -2.11. The minimum atomic E-state index is 1.13. The van der Waals surface area contributed by atoms with Gasteiger partial charge < -0.3 is 9.80 Å². The van der Waals surface area contributed by atoms with Crippen LogP contribution in [0.15, 0.2) is 218 Å². The molecule has 2 nitrogen and oxygen atoms in total. The predicted octanol–water partition coefficient (Wildman–Crippen LogP) is 16.0. The summed E-state index contributed by atoms with van der Waals surface area (Å²) >= 11 is 0. The topological polar surface area (TPSA) is 6.48 Å². The molecule has 0 aliphatic heterocycles. The molecule has 10 aromatic rings. The fraction of sp³-hybridized carbons (Fsp3) is 0.0357. The lowest BCUT2D eigenvalue weighted by molar-refractivity contribution is 1.25. The molecule has 0 amide bonds. The highest BCUT2D eigenvalue weighted by atomic mass is 15.1. The number of hydrogen-bond acceptors (Lipinski definition) is 2. The minimum Gasteiger partial charge on any atom is -0.310 e. The second kappa shape index (κ2) is 14.9. The van der Waals surface area contributed by atoms with E-state index in [4.69, 9.17) is 0 Å². The summed E-state index contributed by atoms with van der Waals surface area (Å²) in [5, 5.41) is 7.51. The highest BCUT2D eigenvalue weighted by Crippen LogP contribution is 2.44. The molecule has 0 bridgehead atoms. The van der Waals surface area contributed by atoms with Crippen LogP contribution in [-0.4, -0.2) is 0 Å². The Morgan fingerprint density at radius 2 is 0.569 bits per heavy atom. The monoisotopic (exact) mass is 742 g/mol. The van der Waals surface area contributed by atoms with Gasteiger partial charge in [-0.3, -0.25) is 0 Å². The molecule has 0 unspecified atom stereocenters. The van der Waals surface area contributed by atoms with E-state index in [2.05, 4.69) is 242 Å². The molecule has 58 heavy (non-hydrogen) atoms. The van der Waals surface area contributed by atoms with Gasteiger partial charge in [-0.15, -0.1) is 0 Å². The predicted molar refractivity (Wildman–Crippen MR) is 249 cm³/mol. The second-order valence-corrected chi connectivity index (χ2v) is 15.0. The average molecular weight is 743 g/mol. The molecule has 0 radical (unpaired) electrons. The van der Waals surface area contributed by atoms with Crippen LogP contribution in [0.3, 0.4) is 0 Å². The first-order valence-corrected chi connectivity index (χ1v) is 20.0. The smallest absolute Gasteiger partial charge is 0.0490 e. The molecule has 10 rings (SSSR count). The van der Waals surface area contributed by atoms with Gasteiger partial charge in [-0.2, -0.15) is 0 Å². The molecule has 0 spiro atoms. The van der Waals surface area contributed by atoms with Crippen LogP contribution in [0.2, 0.25) is 0 Å². The van der Waals surface area contributed by atoms with E-state index in [1.807, 2.05) is 0 Å². The average Bonchev–Trinajstić information content (AvgIpc) is 3.28.